The van der Waals surface area contributed by atoms with Crippen LogP contribution in [0.4, 0.5) is 5.69 Å². The molecule has 1 aliphatic heterocycles. The van der Waals surface area contributed by atoms with Gasteiger partial charge in [0.15, 0.2) is 0 Å². The molecule has 7 heteroatoms. The minimum Gasteiger partial charge on any atom is -0.312 e. The van der Waals surface area contributed by atoms with Gasteiger partial charge in [0.1, 0.15) is 0 Å². The summed E-state index contributed by atoms with van der Waals surface area (Å²) in [6.45, 7) is 4.60. The summed E-state index contributed by atoms with van der Waals surface area (Å²) in [7, 11) is -3.70. The van der Waals surface area contributed by atoms with Crippen LogP contribution in [0.3, 0.4) is 0 Å². The SMILES string of the molecule is CC(C)C(NS(=O)(=O)c1ccc(N2CCCC2=O)cc1)c1ccc(Cl)cc1. The predicted molar refractivity (Wildman–Crippen MR) is 107 cm³/mol. The Morgan fingerprint density at radius 3 is 2.19 bits per heavy atom. The van der Waals surface area contributed by atoms with Crippen LogP contribution in [0.5, 0.6) is 0 Å². The Balaban J connectivity index is 1.82. The molecule has 3 rings (SSSR count). The third-order valence-corrected chi connectivity index (χ3v) is 6.42. The number of hydrogen-bond donors (Lipinski definition) is 1. The zero-order valence-electron chi connectivity index (χ0n) is 15.4. The van der Waals surface area contributed by atoms with Gasteiger partial charge in [0.05, 0.1) is 4.90 Å². The van der Waals surface area contributed by atoms with Crippen molar-refractivity contribution in [3.63, 3.8) is 0 Å². The van der Waals surface area contributed by atoms with Gasteiger partial charge in [-0.3, -0.25) is 4.79 Å². The predicted octanol–water partition coefficient (Wildman–Crippen LogP) is 4.14. The van der Waals surface area contributed by atoms with E-state index in [0.29, 0.717) is 18.0 Å². The highest BCUT2D eigenvalue weighted by molar-refractivity contribution is 7.89. The number of nitrogens with zero attached hydrogens (tertiary/aromatic N) is 1. The number of benzene rings is 2. The minimum atomic E-state index is -3.70. The maximum Gasteiger partial charge on any atom is 0.241 e. The number of amides is 1. The monoisotopic (exact) mass is 406 g/mol. The number of nitrogens with one attached hydrogen (secondary N) is 1. The van der Waals surface area contributed by atoms with E-state index in [1.54, 1.807) is 41.3 Å². The van der Waals surface area contributed by atoms with E-state index in [4.69, 9.17) is 11.6 Å². The van der Waals surface area contributed by atoms with Crippen molar-refractivity contribution in [3.05, 3.63) is 59.1 Å². The summed E-state index contributed by atoms with van der Waals surface area (Å²) >= 11 is 5.94. The second-order valence-corrected chi connectivity index (χ2v) is 9.19. The van der Waals surface area contributed by atoms with Crippen molar-refractivity contribution in [1.82, 2.24) is 4.72 Å². The van der Waals surface area contributed by atoms with Gasteiger partial charge < -0.3 is 4.90 Å². The van der Waals surface area contributed by atoms with Gasteiger partial charge in [-0.1, -0.05) is 37.6 Å². The molecule has 1 fully saturated rings. The van der Waals surface area contributed by atoms with E-state index in [1.165, 1.54) is 0 Å². The zero-order chi connectivity index (χ0) is 19.6. The van der Waals surface area contributed by atoms with Gasteiger partial charge in [0.2, 0.25) is 15.9 Å². The molecule has 1 aliphatic rings. The first-order valence-corrected chi connectivity index (χ1v) is 10.8. The van der Waals surface area contributed by atoms with Gasteiger partial charge in [0, 0.05) is 29.7 Å². The summed E-state index contributed by atoms with van der Waals surface area (Å²) in [5.74, 6) is 0.133. The van der Waals surface area contributed by atoms with Crippen LogP contribution < -0.4 is 9.62 Å². The Morgan fingerprint density at radius 2 is 1.67 bits per heavy atom. The van der Waals surface area contributed by atoms with E-state index in [2.05, 4.69) is 4.72 Å². The van der Waals surface area contributed by atoms with Gasteiger partial charge in [-0.05, 0) is 54.3 Å². The lowest BCUT2D eigenvalue weighted by Crippen LogP contribution is -2.32. The fraction of sp³-hybridized carbons (Fsp3) is 0.350. The molecule has 1 N–H and O–H groups in total. The lowest BCUT2D eigenvalue weighted by Gasteiger charge is -2.23. The fourth-order valence-electron chi connectivity index (χ4n) is 3.22. The lowest BCUT2D eigenvalue weighted by atomic mass is 9.97. The molecule has 1 unspecified atom stereocenters. The fourth-order valence-corrected chi connectivity index (χ4v) is 4.72. The molecular formula is C20H23ClN2O3S. The van der Waals surface area contributed by atoms with E-state index < -0.39 is 10.0 Å². The molecule has 0 spiro atoms. The minimum absolute atomic E-state index is 0.0578. The Morgan fingerprint density at radius 1 is 1.04 bits per heavy atom. The van der Waals surface area contributed by atoms with Gasteiger partial charge in [-0.15, -0.1) is 0 Å². The van der Waals surface area contributed by atoms with Crippen molar-refractivity contribution in [1.29, 1.82) is 0 Å². The number of anilines is 1. The molecule has 1 saturated heterocycles. The van der Waals surface area contributed by atoms with E-state index in [0.717, 1.165) is 17.7 Å². The average Bonchev–Trinajstić information content (AvgIpc) is 3.06. The highest BCUT2D eigenvalue weighted by atomic mass is 35.5. The molecule has 0 saturated carbocycles. The second-order valence-electron chi connectivity index (χ2n) is 7.04. The van der Waals surface area contributed by atoms with Crippen LogP contribution in [-0.2, 0) is 14.8 Å². The number of halogens is 1. The molecule has 1 atom stereocenters. The Hall–Kier alpha value is -1.89. The van der Waals surface area contributed by atoms with Gasteiger partial charge >= 0.3 is 0 Å². The molecule has 144 valence electrons. The molecule has 1 amide bonds. The zero-order valence-corrected chi connectivity index (χ0v) is 16.9. The van der Waals surface area contributed by atoms with Crippen LogP contribution in [-0.4, -0.2) is 20.9 Å². The Kier molecular flexibility index (Phi) is 5.89. The maximum atomic E-state index is 12.9. The molecule has 0 aliphatic carbocycles. The number of carbonyl (C=O) groups is 1. The van der Waals surface area contributed by atoms with E-state index in [1.807, 2.05) is 26.0 Å². The number of rotatable bonds is 6. The van der Waals surface area contributed by atoms with Crippen LogP contribution in [0.1, 0.15) is 38.3 Å². The van der Waals surface area contributed by atoms with Crippen molar-refractivity contribution in [3.8, 4) is 0 Å². The first-order valence-electron chi connectivity index (χ1n) is 8.96. The normalized spacial score (nSPS) is 16.1. The summed E-state index contributed by atoms with van der Waals surface area (Å²) < 4.78 is 28.5. The van der Waals surface area contributed by atoms with Crippen molar-refractivity contribution in [2.24, 2.45) is 5.92 Å². The number of sulfonamides is 1. The van der Waals surface area contributed by atoms with E-state index >= 15 is 0 Å². The summed E-state index contributed by atoms with van der Waals surface area (Å²) in [6.07, 6.45) is 1.37. The maximum absolute atomic E-state index is 12.9. The highest BCUT2D eigenvalue weighted by Crippen LogP contribution is 2.27. The van der Waals surface area contributed by atoms with Crippen molar-refractivity contribution < 1.29 is 13.2 Å². The molecule has 2 aromatic carbocycles. The first-order chi connectivity index (χ1) is 12.8. The molecule has 0 bridgehead atoms. The standard InChI is InChI=1S/C20H23ClN2O3S/c1-14(2)20(15-5-7-16(21)8-6-15)22-27(25,26)18-11-9-17(10-12-18)23-13-3-4-19(23)24/h5-12,14,20,22H,3-4,13H2,1-2H3. The Bertz CT molecular complexity index is 909. The van der Waals surface area contributed by atoms with Crippen LogP contribution >= 0.6 is 11.6 Å². The Labute approximate surface area is 165 Å². The van der Waals surface area contributed by atoms with E-state index in [-0.39, 0.29) is 22.8 Å². The van der Waals surface area contributed by atoms with Gasteiger partial charge in [-0.25, -0.2) is 13.1 Å². The summed E-state index contributed by atoms with van der Waals surface area (Å²) in [4.78, 5) is 13.7. The van der Waals surface area contributed by atoms with Crippen molar-refractivity contribution in [2.75, 3.05) is 11.4 Å². The van der Waals surface area contributed by atoms with Crippen LogP contribution in [0, 0.1) is 5.92 Å². The second kappa shape index (κ2) is 8.00. The smallest absolute Gasteiger partial charge is 0.241 e. The third-order valence-electron chi connectivity index (χ3n) is 4.71. The summed E-state index contributed by atoms with van der Waals surface area (Å²) in [5.41, 5.74) is 1.59. The van der Waals surface area contributed by atoms with Crippen molar-refractivity contribution in [2.45, 2.75) is 37.6 Å². The summed E-state index contributed by atoms with van der Waals surface area (Å²) in [6, 6.07) is 13.3. The summed E-state index contributed by atoms with van der Waals surface area (Å²) in [5, 5.41) is 0.608. The number of carbonyl (C=O) groups excluding carboxylic acids is 1. The molecule has 5 nitrogen and oxygen atoms in total. The third kappa shape index (κ3) is 4.51. The molecular weight excluding hydrogens is 384 g/mol. The van der Waals surface area contributed by atoms with Gasteiger partial charge in [-0.2, -0.15) is 0 Å². The van der Waals surface area contributed by atoms with Gasteiger partial charge in [0.25, 0.3) is 0 Å². The number of hydrogen-bond acceptors (Lipinski definition) is 3. The van der Waals surface area contributed by atoms with Crippen LogP contribution in [0.15, 0.2) is 53.4 Å². The molecule has 0 radical (unpaired) electrons. The quantitative estimate of drug-likeness (QED) is 0.783. The van der Waals surface area contributed by atoms with Crippen molar-refractivity contribution >= 4 is 33.2 Å². The topological polar surface area (TPSA) is 66.5 Å². The molecule has 1 heterocycles. The molecule has 2 aromatic rings. The molecule has 27 heavy (non-hydrogen) atoms. The first kappa shape index (κ1) is 19.9. The lowest BCUT2D eigenvalue weighted by molar-refractivity contribution is -0.117. The molecule has 0 aromatic heterocycles. The largest absolute Gasteiger partial charge is 0.312 e. The highest BCUT2D eigenvalue weighted by Gasteiger charge is 2.25. The van der Waals surface area contributed by atoms with Crippen LogP contribution in [0.25, 0.3) is 0 Å². The van der Waals surface area contributed by atoms with E-state index in [9.17, 15) is 13.2 Å². The van der Waals surface area contributed by atoms with Crippen LogP contribution in [0.2, 0.25) is 5.02 Å². The average molecular weight is 407 g/mol.